The number of carbonyl (C=O) groups excluding carboxylic acids is 1. The second-order valence-corrected chi connectivity index (χ2v) is 12.8. The second kappa shape index (κ2) is 10.5. The topological polar surface area (TPSA) is 115 Å². The summed E-state index contributed by atoms with van der Waals surface area (Å²) in [5, 5.41) is 5.12. The third-order valence-corrected chi connectivity index (χ3v) is 9.66. The first-order valence-corrected chi connectivity index (χ1v) is 15.1. The zero-order valence-corrected chi connectivity index (χ0v) is 25.4. The molecular formula is C34H38N6O4. The first kappa shape index (κ1) is 28.1. The third-order valence-electron chi connectivity index (χ3n) is 9.66. The van der Waals surface area contributed by atoms with Gasteiger partial charge in [-0.2, -0.15) is 0 Å². The fraction of sp³-hybridized carbons (Fsp3) is 0.382. The molecule has 0 radical (unpaired) electrons. The van der Waals surface area contributed by atoms with Gasteiger partial charge in [0.15, 0.2) is 0 Å². The molecule has 10 nitrogen and oxygen atoms in total. The third kappa shape index (κ3) is 4.78. The molecule has 0 unspecified atom stereocenters. The monoisotopic (exact) mass is 594 g/mol. The van der Waals surface area contributed by atoms with Crippen molar-refractivity contribution in [3.63, 3.8) is 0 Å². The van der Waals surface area contributed by atoms with Crippen molar-refractivity contribution in [1.29, 1.82) is 0 Å². The highest BCUT2D eigenvalue weighted by Gasteiger charge is 2.67. The normalized spacial score (nSPS) is 21.8. The van der Waals surface area contributed by atoms with Crippen LogP contribution in [0.2, 0.25) is 0 Å². The van der Waals surface area contributed by atoms with E-state index in [1.54, 1.807) is 17.8 Å². The van der Waals surface area contributed by atoms with Crippen LogP contribution in [0.4, 0.5) is 22.0 Å². The van der Waals surface area contributed by atoms with Crippen LogP contribution in [0.15, 0.2) is 65.6 Å². The number of likely N-dealkylation sites (N-methyl/N-ethyl adjacent to an activating group) is 1. The van der Waals surface area contributed by atoms with Crippen LogP contribution in [-0.4, -0.2) is 59.4 Å². The molecule has 3 aliphatic heterocycles. The molecule has 4 aliphatic rings. The number of amides is 2. The molecule has 2 bridgehead atoms. The molecule has 1 saturated carbocycles. The maximum atomic E-state index is 14.0. The minimum Gasteiger partial charge on any atom is -0.493 e. The summed E-state index contributed by atoms with van der Waals surface area (Å²) in [6, 6.07) is 17.2. The lowest BCUT2D eigenvalue weighted by molar-refractivity contribution is 0.0425. The number of aryl methyl sites for hydroxylation is 2. The first-order valence-electron chi connectivity index (χ1n) is 15.1. The summed E-state index contributed by atoms with van der Waals surface area (Å²) in [7, 11) is 3.82. The standard InChI is InChI=1S/C34H38N6O4/c1-22-14-25(16-30(41)39(22)3)44-21-33-17-34(18-33,20-38(2)28-8-4-7-27-26(28)11-12-36-31(27)35)40(19-33)32(42)37-24-9-10-29-23(15-24)6-5-13-43-29/h4,7-12,14-16H,5-6,13,17-21H2,1-3H3,(H2,35,36)(H,37,42). The zero-order chi connectivity index (χ0) is 30.6. The maximum Gasteiger partial charge on any atom is 0.322 e. The van der Waals surface area contributed by atoms with E-state index < -0.39 is 0 Å². The molecule has 5 heterocycles. The fourth-order valence-corrected chi connectivity index (χ4v) is 7.54. The van der Waals surface area contributed by atoms with Gasteiger partial charge in [-0.3, -0.25) is 4.79 Å². The number of nitrogens with one attached hydrogen (secondary N) is 1. The van der Waals surface area contributed by atoms with Crippen LogP contribution in [-0.2, 0) is 13.5 Å². The van der Waals surface area contributed by atoms with Crippen molar-refractivity contribution in [1.82, 2.24) is 14.5 Å². The highest BCUT2D eigenvalue weighted by Crippen LogP contribution is 2.60. The Balaban J connectivity index is 1.15. The van der Waals surface area contributed by atoms with Gasteiger partial charge in [-0.15, -0.1) is 0 Å². The number of ether oxygens (including phenoxy) is 2. The van der Waals surface area contributed by atoms with Crippen molar-refractivity contribution in [3.05, 3.63) is 82.4 Å². The Bertz CT molecular complexity index is 1830. The van der Waals surface area contributed by atoms with Gasteiger partial charge in [0.05, 0.1) is 18.8 Å². The number of urea groups is 1. The molecular weight excluding hydrogens is 556 g/mol. The molecule has 4 aromatic rings. The van der Waals surface area contributed by atoms with E-state index in [1.807, 2.05) is 54.3 Å². The van der Waals surface area contributed by atoms with Crippen LogP contribution in [0.1, 0.15) is 30.5 Å². The van der Waals surface area contributed by atoms with Crippen LogP contribution in [0.25, 0.3) is 10.8 Å². The molecule has 228 valence electrons. The average Bonchev–Trinajstić information content (AvgIpc) is 3.49. The van der Waals surface area contributed by atoms with E-state index >= 15 is 0 Å². The molecule has 0 atom stereocenters. The number of hydrogen-bond donors (Lipinski definition) is 2. The highest BCUT2D eigenvalue weighted by atomic mass is 16.5. The van der Waals surface area contributed by atoms with Gasteiger partial charge in [0.1, 0.15) is 17.3 Å². The molecule has 2 aromatic heterocycles. The summed E-state index contributed by atoms with van der Waals surface area (Å²) in [6.45, 7) is 4.26. The predicted molar refractivity (Wildman–Crippen MR) is 172 cm³/mol. The Morgan fingerprint density at radius 1 is 1.16 bits per heavy atom. The Morgan fingerprint density at radius 2 is 2.00 bits per heavy atom. The number of aromatic nitrogens is 2. The SMILES string of the molecule is Cc1cc(OCC23CN(C(=O)Nc4ccc5c(c4)CCCO5)C(CN(C)c4cccc5c(N)nccc45)(C2)C3)cc(=O)n1C. The van der Waals surface area contributed by atoms with Gasteiger partial charge in [-0.05, 0) is 74.6 Å². The predicted octanol–water partition coefficient (Wildman–Crippen LogP) is 4.73. The molecule has 3 N–H and O–H groups in total. The van der Waals surface area contributed by atoms with Crippen molar-refractivity contribution in [2.45, 2.75) is 38.1 Å². The van der Waals surface area contributed by atoms with E-state index in [0.29, 0.717) is 31.3 Å². The Hall–Kier alpha value is -4.73. The average molecular weight is 595 g/mol. The van der Waals surface area contributed by atoms with E-state index in [0.717, 1.165) is 71.4 Å². The second-order valence-electron chi connectivity index (χ2n) is 12.8. The minimum absolute atomic E-state index is 0.101. The molecule has 1 aliphatic carbocycles. The molecule has 0 spiro atoms. The fourth-order valence-electron chi connectivity index (χ4n) is 7.54. The zero-order valence-electron chi connectivity index (χ0n) is 25.4. The van der Waals surface area contributed by atoms with Crippen molar-refractivity contribution < 1.29 is 14.3 Å². The summed E-state index contributed by atoms with van der Waals surface area (Å²) < 4.78 is 13.6. The first-order chi connectivity index (χ1) is 21.2. The molecule has 10 heteroatoms. The van der Waals surface area contributed by atoms with Gasteiger partial charge in [0, 0.05) is 72.7 Å². The molecule has 2 aromatic carbocycles. The number of hydrogen-bond acceptors (Lipinski definition) is 7. The van der Waals surface area contributed by atoms with Crippen LogP contribution in [0.3, 0.4) is 0 Å². The summed E-state index contributed by atoms with van der Waals surface area (Å²) in [5.41, 5.74) is 9.26. The number of nitrogens with two attached hydrogens (primary N) is 1. The highest BCUT2D eigenvalue weighted by molar-refractivity contribution is 5.99. The number of benzene rings is 2. The molecule has 2 saturated heterocycles. The number of nitrogen functional groups attached to an aromatic ring is 1. The molecule has 44 heavy (non-hydrogen) atoms. The van der Waals surface area contributed by atoms with E-state index in [1.165, 1.54) is 6.07 Å². The molecule has 2 amide bonds. The Kier molecular flexibility index (Phi) is 6.68. The summed E-state index contributed by atoms with van der Waals surface area (Å²) in [4.78, 5) is 34.8. The molecule has 3 fully saturated rings. The van der Waals surface area contributed by atoms with E-state index in [-0.39, 0.29) is 22.5 Å². The Morgan fingerprint density at radius 3 is 2.82 bits per heavy atom. The van der Waals surface area contributed by atoms with Crippen molar-refractivity contribution >= 4 is 34.0 Å². The minimum atomic E-state index is -0.386. The summed E-state index contributed by atoms with van der Waals surface area (Å²) in [5.74, 6) is 1.96. The van der Waals surface area contributed by atoms with Crippen LogP contribution in [0.5, 0.6) is 11.5 Å². The number of fused-ring (bicyclic) bond motifs is 3. The lowest BCUT2D eigenvalue weighted by atomic mass is 9.62. The largest absolute Gasteiger partial charge is 0.493 e. The quantitative estimate of drug-likeness (QED) is 0.318. The Labute approximate surface area is 256 Å². The summed E-state index contributed by atoms with van der Waals surface area (Å²) in [6.07, 6.45) is 5.24. The maximum absolute atomic E-state index is 14.0. The smallest absolute Gasteiger partial charge is 0.322 e. The van der Waals surface area contributed by atoms with Gasteiger partial charge in [0.25, 0.3) is 5.56 Å². The molecule has 8 rings (SSSR count). The van der Waals surface area contributed by atoms with Crippen molar-refractivity contribution in [3.8, 4) is 11.5 Å². The number of nitrogens with zero attached hydrogens (tertiary/aromatic N) is 4. The van der Waals surface area contributed by atoms with Crippen molar-refractivity contribution in [2.75, 3.05) is 49.3 Å². The summed E-state index contributed by atoms with van der Waals surface area (Å²) >= 11 is 0. The lowest BCUT2D eigenvalue weighted by Gasteiger charge is -2.49. The van der Waals surface area contributed by atoms with Crippen molar-refractivity contribution in [2.24, 2.45) is 12.5 Å². The number of anilines is 3. The number of rotatable bonds is 7. The van der Waals surface area contributed by atoms with Gasteiger partial charge in [-0.25, -0.2) is 9.78 Å². The van der Waals surface area contributed by atoms with E-state index in [4.69, 9.17) is 15.2 Å². The lowest BCUT2D eigenvalue weighted by Crippen LogP contribution is -2.58. The van der Waals surface area contributed by atoms with Crippen LogP contribution < -0.4 is 31.0 Å². The van der Waals surface area contributed by atoms with Gasteiger partial charge in [-0.1, -0.05) is 12.1 Å². The van der Waals surface area contributed by atoms with Gasteiger partial charge >= 0.3 is 6.03 Å². The van der Waals surface area contributed by atoms with E-state index in [9.17, 15) is 9.59 Å². The van der Waals surface area contributed by atoms with Gasteiger partial charge < -0.3 is 34.9 Å². The number of pyridine rings is 2. The number of carbonyl (C=O) groups is 1. The van der Waals surface area contributed by atoms with Crippen LogP contribution in [0, 0.1) is 12.3 Å². The van der Waals surface area contributed by atoms with Gasteiger partial charge in [0.2, 0.25) is 0 Å². The van der Waals surface area contributed by atoms with Crippen LogP contribution >= 0.6 is 0 Å². The van der Waals surface area contributed by atoms with E-state index in [2.05, 4.69) is 28.3 Å².